The summed E-state index contributed by atoms with van der Waals surface area (Å²) in [6.07, 6.45) is 11.5. The quantitative estimate of drug-likeness (QED) is 0.254. The normalized spacial score (nSPS) is 20.9. The molecule has 3 aliphatic rings. The second-order valence-electron chi connectivity index (χ2n) is 13.1. The van der Waals surface area contributed by atoms with Gasteiger partial charge in [-0.3, -0.25) is 4.79 Å². The molecule has 1 fully saturated rings. The predicted octanol–water partition coefficient (Wildman–Crippen LogP) is 5.97. The summed E-state index contributed by atoms with van der Waals surface area (Å²) in [5.41, 5.74) is 5.23. The highest BCUT2D eigenvalue weighted by molar-refractivity contribution is 7.91. The van der Waals surface area contributed by atoms with Gasteiger partial charge in [0, 0.05) is 30.4 Å². The molecule has 4 heterocycles. The summed E-state index contributed by atoms with van der Waals surface area (Å²) < 4.78 is 41.2. The van der Waals surface area contributed by atoms with Crippen LogP contribution in [0.4, 0.5) is 0 Å². The van der Waals surface area contributed by atoms with E-state index in [2.05, 4.69) is 29.1 Å². The number of methoxy groups -OCH3 is 1. The smallest absolute Gasteiger partial charge is 0.257 e. The fourth-order valence-corrected chi connectivity index (χ4v) is 8.67. The Bertz CT molecular complexity index is 2040. The van der Waals surface area contributed by atoms with Gasteiger partial charge >= 0.3 is 0 Å². The first-order valence-electron chi connectivity index (χ1n) is 16.1. The lowest BCUT2D eigenvalue weighted by atomic mass is 9.86. The van der Waals surface area contributed by atoms with Crippen LogP contribution in [-0.2, 0) is 10.0 Å². The maximum atomic E-state index is 14.7. The molecule has 2 aliphatic heterocycles. The van der Waals surface area contributed by atoms with Gasteiger partial charge in [0.15, 0.2) is 5.65 Å². The molecule has 10 heteroatoms. The summed E-state index contributed by atoms with van der Waals surface area (Å²) in [4.78, 5) is 21.4. The van der Waals surface area contributed by atoms with E-state index in [4.69, 9.17) is 9.47 Å². The van der Waals surface area contributed by atoms with E-state index in [1.54, 1.807) is 50.5 Å². The molecule has 1 amide bonds. The summed E-state index contributed by atoms with van der Waals surface area (Å²) >= 11 is 0. The number of carbonyl (C=O) groups is 1. The summed E-state index contributed by atoms with van der Waals surface area (Å²) in [5, 5.41) is 0.696. The van der Waals surface area contributed by atoms with Gasteiger partial charge < -0.3 is 19.3 Å². The number of hydrogen-bond donors (Lipinski definition) is 0. The number of benzene rings is 2. The van der Waals surface area contributed by atoms with Crippen molar-refractivity contribution in [2.75, 3.05) is 47.4 Å². The van der Waals surface area contributed by atoms with Gasteiger partial charge in [0.05, 0.1) is 19.2 Å². The molecule has 47 heavy (non-hydrogen) atoms. The van der Waals surface area contributed by atoms with E-state index < -0.39 is 14.8 Å². The first kappa shape index (κ1) is 31.2. The molecule has 244 valence electrons. The number of fused-ring (bicyclic) bond motifs is 2. The van der Waals surface area contributed by atoms with Gasteiger partial charge in [-0.15, -0.1) is 0 Å². The molecule has 0 spiro atoms. The van der Waals surface area contributed by atoms with Crippen LogP contribution in [0, 0.1) is 0 Å². The number of piperidine rings is 1. The van der Waals surface area contributed by atoms with E-state index in [-0.39, 0.29) is 5.91 Å². The topological polar surface area (TPSA) is 94.0 Å². The van der Waals surface area contributed by atoms with Gasteiger partial charge in [-0.05, 0) is 105 Å². The van der Waals surface area contributed by atoms with Gasteiger partial charge in [0.25, 0.3) is 5.91 Å². The van der Waals surface area contributed by atoms with Crippen LogP contribution < -0.4 is 9.47 Å². The van der Waals surface area contributed by atoms with E-state index in [1.807, 2.05) is 42.5 Å². The fourth-order valence-electron chi connectivity index (χ4n) is 7.02. The Morgan fingerprint density at radius 1 is 1.00 bits per heavy atom. The number of likely N-dealkylation sites (tertiary alicyclic amines) is 1. The zero-order valence-corrected chi connectivity index (χ0v) is 28.1. The second-order valence-corrected chi connectivity index (χ2v) is 15.3. The van der Waals surface area contributed by atoms with Crippen LogP contribution in [0.1, 0.15) is 53.6 Å². The van der Waals surface area contributed by atoms with Gasteiger partial charge in [0.2, 0.25) is 10.0 Å². The number of carbonyl (C=O) groups excluding carboxylic acids is 1. The van der Waals surface area contributed by atoms with Crippen molar-refractivity contribution in [3.8, 4) is 22.6 Å². The maximum Gasteiger partial charge on any atom is 0.257 e. The zero-order chi connectivity index (χ0) is 32.9. The molecule has 1 saturated heterocycles. The minimum atomic E-state index is -4.00. The highest BCUT2D eigenvalue weighted by Gasteiger charge is 2.41. The molecule has 0 radical (unpaired) electrons. The van der Waals surface area contributed by atoms with Crippen molar-refractivity contribution in [2.45, 2.75) is 36.9 Å². The first-order chi connectivity index (χ1) is 22.6. The lowest BCUT2D eigenvalue weighted by Crippen LogP contribution is -2.38. The van der Waals surface area contributed by atoms with Gasteiger partial charge in [-0.25, -0.2) is 17.4 Å². The zero-order valence-electron chi connectivity index (χ0n) is 27.3. The van der Waals surface area contributed by atoms with Crippen molar-refractivity contribution >= 4 is 32.5 Å². The summed E-state index contributed by atoms with van der Waals surface area (Å²) in [5.74, 6) is 1.66. The van der Waals surface area contributed by atoms with Crippen LogP contribution in [-0.4, -0.2) is 85.3 Å². The van der Waals surface area contributed by atoms with Crippen molar-refractivity contribution < 1.29 is 22.7 Å². The van der Waals surface area contributed by atoms with E-state index >= 15 is 0 Å². The third-order valence-corrected chi connectivity index (χ3v) is 12.2. The number of aromatic nitrogens is 2. The van der Waals surface area contributed by atoms with Crippen LogP contribution in [0.2, 0.25) is 0 Å². The molecule has 7 rings (SSSR count). The second kappa shape index (κ2) is 12.0. The van der Waals surface area contributed by atoms with Crippen LogP contribution in [0.25, 0.3) is 27.7 Å². The van der Waals surface area contributed by atoms with E-state index in [9.17, 15) is 13.2 Å². The Morgan fingerprint density at radius 3 is 2.57 bits per heavy atom. The average molecular weight is 653 g/mol. The molecule has 0 N–H and O–H groups in total. The molecule has 2 aromatic heterocycles. The van der Waals surface area contributed by atoms with Crippen molar-refractivity contribution in [2.24, 2.45) is 0 Å². The third kappa shape index (κ3) is 5.43. The number of likely N-dealkylation sites (N-methyl/N-ethyl adjacent to an activating group) is 1. The molecule has 0 saturated carbocycles. The predicted molar refractivity (Wildman–Crippen MR) is 185 cm³/mol. The monoisotopic (exact) mass is 652 g/mol. The highest BCUT2D eigenvalue weighted by atomic mass is 32.2. The minimum absolute atomic E-state index is 0.106. The third-order valence-electron chi connectivity index (χ3n) is 9.94. The van der Waals surface area contributed by atoms with Crippen molar-refractivity contribution in [3.63, 3.8) is 0 Å². The number of amides is 1. The van der Waals surface area contributed by atoms with Crippen molar-refractivity contribution in [1.82, 2.24) is 18.8 Å². The molecular weight excluding hydrogens is 612 g/mol. The number of hydrogen-bond acceptors (Lipinski definition) is 7. The lowest BCUT2D eigenvalue weighted by molar-refractivity contribution is 0.0796. The minimum Gasteiger partial charge on any atom is -0.496 e. The summed E-state index contributed by atoms with van der Waals surface area (Å²) in [6.45, 7) is 4.75. The Labute approximate surface area is 276 Å². The SMILES string of the molecule is COc1cc(C2=CC(C)(S(=O)(=O)n3cc(-c4ccc5c(c4)OCCN(C)C5=O)c4cccnc43)CC=C2)ccc1C1CCN(C)CC1. The summed E-state index contributed by atoms with van der Waals surface area (Å²) in [7, 11) is 1.60. The van der Waals surface area contributed by atoms with Crippen LogP contribution >= 0.6 is 0 Å². The highest BCUT2D eigenvalue weighted by Crippen LogP contribution is 2.41. The average Bonchev–Trinajstić information content (AvgIpc) is 3.42. The largest absolute Gasteiger partial charge is 0.496 e. The number of pyridine rings is 1. The van der Waals surface area contributed by atoms with E-state index in [1.165, 1.54) is 9.54 Å². The van der Waals surface area contributed by atoms with E-state index in [0.717, 1.165) is 48.4 Å². The van der Waals surface area contributed by atoms with Crippen molar-refractivity contribution in [3.05, 3.63) is 95.8 Å². The van der Waals surface area contributed by atoms with E-state index in [0.29, 0.717) is 53.4 Å². The molecular formula is C37H40N4O5S. The fraction of sp³-hybridized carbons (Fsp3) is 0.351. The molecule has 1 atom stereocenters. The molecule has 0 bridgehead atoms. The molecule has 1 aliphatic carbocycles. The number of nitrogens with zero attached hydrogens (tertiary/aromatic N) is 4. The molecule has 4 aromatic rings. The Morgan fingerprint density at radius 2 is 1.79 bits per heavy atom. The summed E-state index contributed by atoms with van der Waals surface area (Å²) in [6, 6.07) is 15.3. The maximum absolute atomic E-state index is 14.7. The van der Waals surface area contributed by atoms with Gasteiger partial charge in [-0.2, -0.15) is 0 Å². The standard InChI is InChI=1S/C37H40N4O5S/c1-37(15-5-7-28(23-37)26-9-11-29(33(21-26)45-4)25-13-17-39(2)18-14-25)47(43,44)41-24-32(30-8-6-16-38-35(30)41)27-10-12-31-34(22-27)46-20-19-40(3)36(31)42/h5-12,16,21-25H,13-15,17-20H2,1-4H3. The molecule has 2 aromatic carbocycles. The molecule has 1 unspecified atom stereocenters. The lowest BCUT2D eigenvalue weighted by Gasteiger charge is -2.31. The van der Waals surface area contributed by atoms with Crippen LogP contribution in [0.5, 0.6) is 11.5 Å². The number of ether oxygens (including phenoxy) is 2. The van der Waals surface area contributed by atoms with Gasteiger partial charge in [-0.1, -0.05) is 36.4 Å². The Balaban J connectivity index is 1.26. The van der Waals surface area contributed by atoms with Crippen LogP contribution in [0.15, 0.2) is 79.2 Å². The number of allylic oxidation sites excluding steroid dienone is 3. The number of rotatable bonds is 6. The van der Waals surface area contributed by atoms with Crippen molar-refractivity contribution in [1.29, 1.82) is 0 Å². The molecule has 9 nitrogen and oxygen atoms in total. The van der Waals surface area contributed by atoms with Gasteiger partial charge in [0.1, 0.15) is 22.9 Å². The Hall–Kier alpha value is -4.41. The Kier molecular flexibility index (Phi) is 7.96. The first-order valence-corrected chi connectivity index (χ1v) is 17.5. The van der Waals surface area contributed by atoms with Crippen LogP contribution in [0.3, 0.4) is 0 Å².